The molecule has 64 heavy (non-hydrogen) atoms. The molecule has 0 spiro atoms. The molecule has 0 aliphatic carbocycles. The Morgan fingerprint density at radius 3 is 1.55 bits per heavy atom. The maximum Gasteiger partial charge on any atom is 0.170 e. The van der Waals surface area contributed by atoms with Gasteiger partial charge in [-0.2, -0.15) is 10.2 Å². The van der Waals surface area contributed by atoms with Crippen molar-refractivity contribution in [2.24, 2.45) is 4.99 Å². The van der Waals surface area contributed by atoms with E-state index >= 15 is 0 Å². The van der Waals surface area contributed by atoms with Crippen molar-refractivity contribution in [2.45, 2.75) is 33.9 Å². The van der Waals surface area contributed by atoms with Crippen LogP contribution >= 0.6 is 47.8 Å². The zero-order chi connectivity index (χ0) is 46.1. The highest BCUT2D eigenvalue weighted by atomic mass is 79.9. The van der Waals surface area contributed by atoms with Crippen molar-refractivity contribution in [2.75, 3.05) is 5.73 Å². The second-order valence-corrected chi connectivity index (χ2v) is 15.4. The molecule has 0 fully saturated rings. The largest absolute Gasteiger partial charge is 0.397 e. The van der Waals surface area contributed by atoms with Gasteiger partial charge in [-0.1, -0.05) is 78.6 Å². The molecule has 0 aliphatic heterocycles. The number of halogens is 3. The number of aryl methyl sites for hydroxylation is 1. The zero-order valence-electron chi connectivity index (χ0n) is 35.3. The van der Waals surface area contributed by atoms with Crippen LogP contribution in [0.1, 0.15) is 47.0 Å². The predicted octanol–water partition coefficient (Wildman–Crippen LogP) is 10.3. The molecule has 0 aliphatic rings. The van der Waals surface area contributed by atoms with E-state index in [0.29, 0.717) is 18.8 Å². The Hall–Kier alpha value is -6.43. The van der Waals surface area contributed by atoms with Crippen LogP contribution in [0.15, 0.2) is 152 Å². The molecule has 0 atom stereocenters. The van der Waals surface area contributed by atoms with Crippen LogP contribution in [0.2, 0.25) is 0 Å². The average Bonchev–Trinajstić information content (AvgIpc) is 3.85. The van der Waals surface area contributed by atoms with Crippen LogP contribution in [0.5, 0.6) is 0 Å². The first-order valence-electron chi connectivity index (χ1n) is 19.4. The van der Waals surface area contributed by atoms with Crippen molar-refractivity contribution in [3.05, 3.63) is 175 Å². The quantitative estimate of drug-likeness (QED) is 0.0559. The van der Waals surface area contributed by atoms with E-state index in [4.69, 9.17) is 10.8 Å². The van der Waals surface area contributed by atoms with Crippen LogP contribution in [-0.2, 0) is 13.1 Å². The maximum absolute atomic E-state index is 11.0. The molecule has 0 unspecified atom stereocenters. The summed E-state index contributed by atoms with van der Waals surface area (Å²) in [6.45, 7) is 6.73. The zero-order valence-corrected chi connectivity index (χ0v) is 40.0. The minimum Gasteiger partial charge on any atom is -0.397 e. The van der Waals surface area contributed by atoms with Crippen LogP contribution in [-0.4, -0.2) is 64.6 Å². The molecule has 5 radical (unpaired) electrons. The second-order valence-electron chi connectivity index (χ2n) is 12.9. The number of carbonyl (C=O) groups is 1. The number of carbonyl (C=O) groups excluding carboxylic acids is 1. The second kappa shape index (κ2) is 27.6. The number of para-hydroxylation sites is 4. The lowest BCUT2D eigenvalue weighted by molar-refractivity contribution is 0.111. The van der Waals surface area contributed by atoms with Gasteiger partial charge in [0.25, 0.3) is 0 Å². The topological polar surface area (TPSA) is 117 Å². The third kappa shape index (κ3) is 15.4. The molecule has 4 aromatic carbocycles. The van der Waals surface area contributed by atoms with Gasteiger partial charge < -0.3 is 5.73 Å². The van der Waals surface area contributed by atoms with Crippen LogP contribution in [0.3, 0.4) is 0 Å². The number of pyridine rings is 2. The average molecular weight is 1030 g/mol. The molecule has 4 aromatic heterocycles. The Morgan fingerprint density at radius 2 is 1.09 bits per heavy atom. The van der Waals surface area contributed by atoms with Crippen molar-refractivity contribution >= 4 is 116 Å². The number of aldehydes is 1. The minimum atomic E-state index is 0.474. The third-order valence-electron chi connectivity index (χ3n) is 8.50. The van der Waals surface area contributed by atoms with Gasteiger partial charge in [0.05, 0.1) is 53.1 Å². The first-order valence-corrected chi connectivity index (χ1v) is 21.8. The molecule has 8 rings (SSSR count). The molecule has 0 amide bonds. The third-order valence-corrected chi connectivity index (χ3v) is 10.5. The fraction of sp³-hybridized carbons (Fsp3) is 0.102. The lowest BCUT2D eigenvalue weighted by Crippen LogP contribution is -2.03. The van der Waals surface area contributed by atoms with Gasteiger partial charge in [0.2, 0.25) is 0 Å². The minimum absolute atomic E-state index is 0.474. The van der Waals surface area contributed by atoms with Gasteiger partial charge in [0.15, 0.2) is 6.29 Å². The van der Waals surface area contributed by atoms with Gasteiger partial charge in [0, 0.05) is 59.1 Å². The highest BCUT2D eigenvalue weighted by Gasteiger charge is 2.11. The van der Waals surface area contributed by atoms with Crippen molar-refractivity contribution in [3.8, 4) is 35.5 Å². The summed E-state index contributed by atoms with van der Waals surface area (Å²) < 4.78 is 6.62. The molecule has 2 N–H and O–H groups in total. The summed E-state index contributed by atoms with van der Waals surface area (Å²) in [5, 5.41) is 11.0. The molecule has 15 heteroatoms. The number of nitrogen functional groups attached to an aromatic ring is 1. The van der Waals surface area contributed by atoms with Gasteiger partial charge in [-0.05, 0) is 152 Å². The Kier molecular flexibility index (Phi) is 21.7. The number of aliphatic imine (C=N–C) groups is 1. The van der Waals surface area contributed by atoms with Gasteiger partial charge in [-0.3, -0.25) is 29.1 Å². The van der Waals surface area contributed by atoms with Crippen LogP contribution in [0, 0.1) is 42.4 Å². The molecule has 9 nitrogen and oxygen atoms in total. The van der Waals surface area contributed by atoms with E-state index in [1.54, 1.807) is 30.9 Å². The van der Waals surface area contributed by atoms with Crippen molar-refractivity contribution in [1.82, 2.24) is 29.5 Å². The summed E-state index contributed by atoms with van der Waals surface area (Å²) >= 11 is 10.2. The van der Waals surface area contributed by atoms with Crippen molar-refractivity contribution < 1.29 is 4.79 Å². The number of anilines is 1. The number of rotatable bonds is 7. The first kappa shape index (κ1) is 50.2. The van der Waals surface area contributed by atoms with E-state index in [-0.39, 0.29) is 0 Å². The fourth-order valence-electron chi connectivity index (χ4n) is 5.63. The van der Waals surface area contributed by atoms with Crippen LogP contribution < -0.4 is 5.73 Å². The smallest absolute Gasteiger partial charge is 0.170 e. The molecule has 0 bridgehead atoms. The van der Waals surface area contributed by atoms with E-state index in [0.717, 1.165) is 82.6 Å². The number of nitrogens with two attached hydrogens (primary N) is 1. The summed E-state index contributed by atoms with van der Waals surface area (Å²) in [6, 6.07) is 39.4. The number of hydrogen-bond acceptors (Lipinski definition) is 7. The Labute approximate surface area is 403 Å². The lowest BCUT2D eigenvalue weighted by Gasteiger charge is -2.02. The normalized spacial score (nSPS) is 9.66. The number of benzene rings is 4. The summed E-state index contributed by atoms with van der Waals surface area (Å²) in [6.07, 6.45) is 6.18. The molecule has 4 heterocycles. The SMILES string of the molecule is CC#CC#CC#CC.Cc1cccc(Br)c1N=Cc1nn(Cc2ccccn2)c2ccccc12.Nc1c(Br)cccc1Br.O=Cc1nn(Cc2ccccn2)c2ccccc12.[B][B][B]. The van der Waals surface area contributed by atoms with E-state index in [9.17, 15) is 4.79 Å². The van der Waals surface area contributed by atoms with Crippen LogP contribution in [0.4, 0.5) is 11.4 Å². The van der Waals surface area contributed by atoms with E-state index < -0.39 is 0 Å². The molecular formula is C49H39B3Br3N8O. The Balaban J connectivity index is 0.000000204. The van der Waals surface area contributed by atoms with Gasteiger partial charge >= 0.3 is 0 Å². The predicted molar refractivity (Wildman–Crippen MR) is 276 cm³/mol. The van der Waals surface area contributed by atoms with Crippen molar-refractivity contribution in [3.63, 3.8) is 0 Å². The summed E-state index contributed by atoms with van der Waals surface area (Å²) in [7, 11) is 10.0. The highest BCUT2D eigenvalue weighted by molar-refractivity contribution is 9.11. The van der Waals surface area contributed by atoms with Crippen LogP contribution in [0.25, 0.3) is 21.8 Å². The summed E-state index contributed by atoms with van der Waals surface area (Å²) in [5.74, 6) is 15.5. The molecule has 311 valence electrons. The Morgan fingerprint density at radius 1 is 0.641 bits per heavy atom. The number of nitrogens with zero attached hydrogens (tertiary/aromatic N) is 7. The standard InChI is InChI=1S/C21H17BrN4.C14H11N3O.C8H6.C6H5Br2N.B3/c1-15-7-6-10-18(22)21(15)24-13-19-17-9-2-3-11-20(17)26(25-19)14-16-8-4-5-12-23-16;18-10-13-12-6-1-2-7-14(12)17(16-13)9-11-5-3-4-8-15-11;1-3-5-7-8-6-4-2;7-4-2-1-3-5(8)6(4)9;1-3-2/h2-13H,14H2,1H3;1-8,10H,9H2;1-2H3;1-3H,9H2;. The molecular weight excluding hydrogens is 989 g/mol. The number of hydrogen-bond donors (Lipinski definition) is 1. The van der Waals surface area contributed by atoms with E-state index in [2.05, 4.69) is 144 Å². The number of fused-ring (bicyclic) bond motifs is 2. The monoisotopic (exact) mass is 1030 g/mol. The van der Waals surface area contributed by atoms with Gasteiger partial charge in [-0.15, -0.1) is 0 Å². The van der Waals surface area contributed by atoms with Crippen molar-refractivity contribution in [1.29, 1.82) is 0 Å². The van der Waals surface area contributed by atoms with Gasteiger partial charge in [0.1, 0.15) is 11.4 Å². The maximum atomic E-state index is 11.0. The summed E-state index contributed by atoms with van der Waals surface area (Å²) in [4.78, 5) is 24.4. The lowest BCUT2D eigenvalue weighted by atomic mass is 9.40. The van der Waals surface area contributed by atoms with E-state index in [1.165, 1.54) is 0 Å². The molecule has 0 saturated carbocycles. The Bertz CT molecular complexity index is 2920. The van der Waals surface area contributed by atoms with Gasteiger partial charge in [-0.25, -0.2) is 0 Å². The fourth-order valence-corrected chi connectivity index (χ4v) is 7.20. The number of aromatic nitrogens is 6. The van der Waals surface area contributed by atoms with E-state index in [1.807, 2.05) is 114 Å². The molecule has 0 saturated heterocycles. The highest BCUT2D eigenvalue weighted by Crippen LogP contribution is 2.29. The molecule has 8 aromatic rings. The first-order chi connectivity index (χ1) is 31.1. The summed E-state index contributed by atoms with van der Waals surface area (Å²) in [5.41, 5.74) is 13.6.